The molecule has 0 radical (unpaired) electrons. The van der Waals surface area contributed by atoms with Gasteiger partial charge in [0.15, 0.2) is 5.69 Å². The fourth-order valence-electron chi connectivity index (χ4n) is 3.40. The average molecular weight is 469 g/mol. The lowest BCUT2D eigenvalue weighted by Crippen LogP contribution is -2.26. The number of carbonyl (C=O) groups is 2. The predicted molar refractivity (Wildman–Crippen MR) is 129 cm³/mol. The lowest BCUT2D eigenvalue weighted by Gasteiger charge is -2.07. The fraction of sp³-hybridized carbons (Fsp3) is 0.0400. The smallest absolute Gasteiger partial charge is 0.311 e. The third kappa shape index (κ3) is 4.96. The van der Waals surface area contributed by atoms with Crippen molar-refractivity contribution < 1.29 is 19.6 Å². The van der Waals surface area contributed by atoms with Gasteiger partial charge in [0.05, 0.1) is 10.4 Å². The zero-order valence-electron chi connectivity index (χ0n) is 18.5. The molecule has 4 rings (SSSR count). The molecule has 4 aromatic rings. The molecule has 0 saturated heterocycles. The van der Waals surface area contributed by atoms with Crippen molar-refractivity contribution in [3.05, 3.63) is 106 Å². The van der Waals surface area contributed by atoms with Crippen LogP contribution in [0.15, 0.2) is 94.8 Å². The lowest BCUT2D eigenvalue weighted by molar-refractivity contribution is -0.384. The van der Waals surface area contributed by atoms with Crippen LogP contribution < -0.4 is 5.32 Å². The van der Waals surface area contributed by atoms with Crippen LogP contribution in [0.1, 0.15) is 15.9 Å². The Morgan fingerprint density at radius 2 is 1.66 bits per heavy atom. The topological polar surface area (TPSA) is 139 Å². The SMILES string of the molecule is Cn1c(O)c(N=NC(=O)/C(=C/c2ccc([N+](=O)[O-])cc2)NC(=O)c2ccccc2)c2ccccc21. The Kier molecular flexibility index (Phi) is 6.45. The van der Waals surface area contributed by atoms with Crippen molar-refractivity contribution in [2.75, 3.05) is 0 Å². The first-order valence-corrected chi connectivity index (χ1v) is 10.4. The molecule has 0 aliphatic carbocycles. The highest BCUT2D eigenvalue weighted by atomic mass is 16.6. The van der Waals surface area contributed by atoms with Crippen molar-refractivity contribution in [3.8, 4) is 5.88 Å². The number of benzene rings is 3. The number of aromatic nitrogens is 1. The van der Waals surface area contributed by atoms with Crippen LogP contribution in [-0.4, -0.2) is 26.4 Å². The number of hydrogen-bond acceptors (Lipinski definition) is 6. The molecule has 10 nitrogen and oxygen atoms in total. The lowest BCUT2D eigenvalue weighted by atomic mass is 10.1. The van der Waals surface area contributed by atoms with Crippen LogP contribution in [0, 0.1) is 10.1 Å². The first-order chi connectivity index (χ1) is 16.8. The number of nitro benzene ring substituents is 1. The number of nitrogens with zero attached hydrogens (tertiary/aromatic N) is 4. The second-order valence-corrected chi connectivity index (χ2v) is 7.48. The minimum atomic E-state index is -0.875. The van der Waals surface area contributed by atoms with Gasteiger partial charge in [0.1, 0.15) is 5.70 Å². The molecule has 0 bridgehead atoms. The maximum Gasteiger partial charge on any atom is 0.311 e. The molecule has 35 heavy (non-hydrogen) atoms. The van der Waals surface area contributed by atoms with Crippen molar-refractivity contribution in [1.82, 2.24) is 9.88 Å². The van der Waals surface area contributed by atoms with Crippen molar-refractivity contribution >= 4 is 40.2 Å². The van der Waals surface area contributed by atoms with E-state index in [1.165, 1.54) is 34.9 Å². The van der Waals surface area contributed by atoms with Crippen LogP contribution in [0.2, 0.25) is 0 Å². The Labute approximate surface area is 199 Å². The molecule has 174 valence electrons. The average Bonchev–Trinajstić information content (AvgIpc) is 3.12. The highest BCUT2D eigenvalue weighted by Gasteiger charge is 2.17. The normalized spacial score (nSPS) is 11.6. The van der Waals surface area contributed by atoms with Crippen molar-refractivity contribution in [1.29, 1.82) is 0 Å². The van der Waals surface area contributed by atoms with Gasteiger partial charge in [-0.3, -0.25) is 19.7 Å². The van der Waals surface area contributed by atoms with E-state index in [0.717, 1.165) is 0 Å². The number of amides is 2. The fourth-order valence-corrected chi connectivity index (χ4v) is 3.40. The highest BCUT2D eigenvalue weighted by molar-refractivity contribution is 6.05. The van der Waals surface area contributed by atoms with E-state index in [2.05, 4.69) is 15.5 Å². The Hall–Kier alpha value is -5.12. The number of nitro groups is 1. The van der Waals surface area contributed by atoms with Crippen LogP contribution in [0.5, 0.6) is 5.88 Å². The summed E-state index contributed by atoms with van der Waals surface area (Å²) < 4.78 is 1.51. The number of para-hydroxylation sites is 1. The number of hydrogen-bond donors (Lipinski definition) is 2. The molecule has 1 heterocycles. The van der Waals surface area contributed by atoms with Crippen molar-refractivity contribution in [2.45, 2.75) is 0 Å². The maximum atomic E-state index is 13.0. The zero-order chi connectivity index (χ0) is 24.9. The second kappa shape index (κ2) is 9.79. The van der Waals surface area contributed by atoms with E-state index in [0.29, 0.717) is 22.0 Å². The van der Waals surface area contributed by atoms with Gasteiger partial charge in [-0.1, -0.05) is 36.4 Å². The summed E-state index contributed by atoms with van der Waals surface area (Å²) in [4.78, 5) is 36.0. The standard InChI is InChI=1S/C25H19N5O5/c1-29-21-10-6-5-9-19(21)22(25(29)33)27-28-24(32)20(26-23(31)17-7-3-2-4-8-17)15-16-11-13-18(14-12-16)30(34)35/h2-15,33H,1H3,(H,26,31)/b20-15-,28-27?. The third-order valence-electron chi connectivity index (χ3n) is 5.22. The van der Waals surface area contributed by atoms with E-state index in [-0.39, 0.29) is 23.0 Å². The van der Waals surface area contributed by atoms with Crippen LogP contribution >= 0.6 is 0 Å². The minimum absolute atomic E-state index is 0.112. The molecule has 0 unspecified atom stereocenters. The van der Waals surface area contributed by atoms with Gasteiger partial charge in [0.25, 0.3) is 11.6 Å². The van der Waals surface area contributed by atoms with Crippen LogP contribution in [0.25, 0.3) is 17.0 Å². The Bertz CT molecular complexity index is 1490. The van der Waals surface area contributed by atoms with Gasteiger partial charge in [-0.05, 0) is 42.0 Å². The molecular weight excluding hydrogens is 450 g/mol. The number of rotatable bonds is 6. The first-order valence-electron chi connectivity index (χ1n) is 10.4. The largest absolute Gasteiger partial charge is 0.493 e. The highest BCUT2D eigenvalue weighted by Crippen LogP contribution is 2.37. The summed E-state index contributed by atoms with van der Waals surface area (Å²) in [6.07, 6.45) is 1.34. The van der Waals surface area contributed by atoms with E-state index in [1.807, 2.05) is 0 Å². The molecule has 10 heteroatoms. The molecule has 1 aromatic heterocycles. The molecule has 2 N–H and O–H groups in total. The summed E-state index contributed by atoms with van der Waals surface area (Å²) in [7, 11) is 1.65. The van der Waals surface area contributed by atoms with Gasteiger partial charge in [-0.2, -0.15) is 0 Å². The number of aryl methyl sites for hydroxylation is 1. The van der Waals surface area contributed by atoms with E-state index in [4.69, 9.17) is 0 Å². The van der Waals surface area contributed by atoms with E-state index < -0.39 is 16.7 Å². The molecular formula is C25H19N5O5. The Morgan fingerprint density at radius 1 is 1.00 bits per heavy atom. The van der Waals surface area contributed by atoms with E-state index in [9.17, 15) is 24.8 Å². The van der Waals surface area contributed by atoms with Crippen molar-refractivity contribution in [2.24, 2.45) is 17.3 Å². The zero-order valence-corrected chi connectivity index (χ0v) is 18.5. The number of nitrogens with one attached hydrogen (secondary N) is 1. The minimum Gasteiger partial charge on any atom is -0.493 e. The summed E-state index contributed by atoms with van der Waals surface area (Å²) in [6, 6.07) is 20.8. The van der Waals surface area contributed by atoms with Crippen LogP contribution in [0.4, 0.5) is 11.4 Å². The van der Waals surface area contributed by atoms with E-state index >= 15 is 0 Å². The van der Waals surface area contributed by atoms with Gasteiger partial charge in [0, 0.05) is 30.1 Å². The number of fused-ring (bicyclic) bond motifs is 1. The molecule has 0 spiro atoms. The number of non-ortho nitro benzene ring substituents is 1. The quantitative estimate of drug-likeness (QED) is 0.179. The van der Waals surface area contributed by atoms with Gasteiger partial charge in [-0.25, -0.2) is 0 Å². The van der Waals surface area contributed by atoms with Crippen molar-refractivity contribution in [3.63, 3.8) is 0 Å². The molecule has 0 saturated carbocycles. The summed E-state index contributed by atoms with van der Waals surface area (Å²) in [5.74, 6) is -1.59. The molecule has 0 atom stereocenters. The van der Waals surface area contributed by atoms with Crippen LogP contribution in [0.3, 0.4) is 0 Å². The Balaban J connectivity index is 1.69. The van der Waals surface area contributed by atoms with Gasteiger partial charge >= 0.3 is 5.91 Å². The summed E-state index contributed by atoms with van der Waals surface area (Å²) in [6.45, 7) is 0. The molecule has 2 amide bonds. The number of aromatic hydroxyl groups is 1. The first kappa shape index (κ1) is 23.1. The van der Waals surface area contributed by atoms with Crippen LogP contribution in [-0.2, 0) is 11.8 Å². The summed E-state index contributed by atoms with van der Waals surface area (Å²) >= 11 is 0. The molecule has 0 fully saturated rings. The molecule has 0 aliphatic rings. The third-order valence-corrected chi connectivity index (χ3v) is 5.22. The summed E-state index contributed by atoms with van der Waals surface area (Å²) in [5, 5.41) is 32.2. The van der Waals surface area contributed by atoms with Gasteiger partial charge in [0.2, 0.25) is 5.88 Å². The predicted octanol–water partition coefficient (Wildman–Crippen LogP) is 4.87. The molecule has 3 aromatic carbocycles. The van der Waals surface area contributed by atoms with Gasteiger partial charge < -0.3 is 15.0 Å². The number of carbonyl (C=O) groups excluding carboxylic acids is 2. The maximum absolute atomic E-state index is 13.0. The molecule has 0 aliphatic heterocycles. The Morgan fingerprint density at radius 3 is 2.34 bits per heavy atom. The monoisotopic (exact) mass is 469 g/mol. The van der Waals surface area contributed by atoms with E-state index in [1.54, 1.807) is 61.6 Å². The van der Waals surface area contributed by atoms with Gasteiger partial charge in [-0.15, -0.1) is 10.2 Å². The summed E-state index contributed by atoms with van der Waals surface area (Å²) in [5.41, 5.74) is 1.24. The number of azo groups is 1. The second-order valence-electron chi connectivity index (χ2n) is 7.48.